The molecule has 0 bridgehead atoms. The molecule has 2 amide bonds. The molecule has 2 heterocycles. The van der Waals surface area contributed by atoms with Crippen molar-refractivity contribution in [2.24, 2.45) is 0 Å². The number of amides is 2. The summed E-state index contributed by atoms with van der Waals surface area (Å²) in [7, 11) is 1.72. The Morgan fingerprint density at radius 1 is 1.27 bits per heavy atom. The van der Waals surface area contributed by atoms with Crippen LogP contribution < -0.4 is 10.2 Å². The molecule has 3 aromatic rings. The molecule has 2 aromatic carbocycles. The SMILES string of the molecule is CN1CC(Nc2cccc([N+](=O)[O-])c2)N(c2nc3ccccc3s2)C1=O. The zero-order chi connectivity index (χ0) is 18.3. The summed E-state index contributed by atoms with van der Waals surface area (Å²) in [5.74, 6) is 0. The van der Waals surface area contributed by atoms with E-state index >= 15 is 0 Å². The number of para-hydroxylation sites is 1. The molecule has 1 saturated heterocycles. The molecule has 1 fully saturated rings. The van der Waals surface area contributed by atoms with Crippen LogP contribution in [0, 0.1) is 10.1 Å². The normalized spacial score (nSPS) is 17.1. The molecule has 9 heteroatoms. The van der Waals surface area contributed by atoms with Gasteiger partial charge in [-0.25, -0.2) is 14.7 Å². The van der Waals surface area contributed by atoms with Gasteiger partial charge in [0.15, 0.2) is 5.13 Å². The first-order valence-corrected chi connectivity index (χ1v) is 8.75. The molecule has 0 aliphatic carbocycles. The Hall–Kier alpha value is -3.20. The number of hydrogen-bond donors (Lipinski definition) is 1. The maximum atomic E-state index is 12.6. The number of likely N-dealkylation sites (N-methyl/N-ethyl adjacent to an activating group) is 1. The molecular formula is C17H15N5O3S. The average Bonchev–Trinajstić information content (AvgIpc) is 3.16. The Labute approximate surface area is 152 Å². The maximum absolute atomic E-state index is 12.6. The quantitative estimate of drug-likeness (QED) is 0.561. The van der Waals surface area contributed by atoms with Crippen LogP contribution in [0.4, 0.5) is 21.3 Å². The van der Waals surface area contributed by atoms with E-state index in [-0.39, 0.29) is 17.9 Å². The number of non-ortho nitro benzene ring substituents is 1. The second-order valence-electron chi connectivity index (χ2n) is 5.96. The zero-order valence-corrected chi connectivity index (χ0v) is 14.6. The fourth-order valence-electron chi connectivity index (χ4n) is 2.93. The van der Waals surface area contributed by atoms with Crippen LogP contribution in [-0.4, -0.2) is 40.6 Å². The number of carbonyl (C=O) groups excluding carboxylic acids is 1. The number of benzene rings is 2. The summed E-state index contributed by atoms with van der Waals surface area (Å²) in [6.45, 7) is 0.442. The van der Waals surface area contributed by atoms with E-state index in [2.05, 4.69) is 10.3 Å². The number of nitro groups is 1. The van der Waals surface area contributed by atoms with Gasteiger partial charge in [-0.05, 0) is 18.2 Å². The van der Waals surface area contributed by atoms with Crippen LogP contribution in [0.2, 0.25) is 0 Å². The molecule has 1 aromatic heterocycles. The summed E-state index contributed by atoms with van der Waals surface area (Å²) >= 11 is 1.44. The standard InChI is InChI=1S/C17H15N5O3S/c1-20-10-15(18-11-5-4-6-12(9-11)22(24)25)21(17(20)23)16-19-13-7-2-3-8-14(13)26-16/h2-9,15,18H,10H2,1H3. The smallest absolute Gasteiger partial charge is 0.327 e. The maximum Gasteiger partial charge on any atom is 0.327 e. The number of carbonyl (C=O) groups is 1. The van der Waals surface area contributed by atoms with Crippen LogP contribution in [0.1, 0.15) is 0 Å². The summed E-state index contributed by atoms with van der Waals surface area (Å²) < 4.78 is 0.999. The Balaban J connectivity index is 1.67. The third kappa shape index (κ3) is 2.82. The topological polar surface area (TPSA) is 91.6 Å². The molecule has 26 heavy (non-hydrogen) atoms. The summed E-state index contributed by atoms with van der Waals surface area (Å²) in [5.41, 5.74) is 1.42. The van der Waals surface area contributed by atoms with Gasteiger partial charge >= 0.3 is 6.03 Å². The average molecular weight is 369 g/mol. The molecule has 1 aliphatic rings. The molecule has 4 rings (SSSR count). The number of anilines is 2. The molecule has 8 nitrogen and oxygen atoms in total. The molecule has 0 spiro atoms. The molecule has 1 aliphatic heterocycles. The first kappa shape index (κ1) is 16.3. The van der Waals surface area contributed by atoms with Gasteiger partial charge in [-0.3, -0.25) is 10.1 Å². The van der Waals surface area contributed by atoms with Crippen LogP contribution in [0.3, 0.4) is 0 Å². The highest BCUT2D eigenvalue weighted by Gasteiger charge is 2.38. The lowest BCUT2D eigenvalue weighted by Crippen LogP contribution is -2.39. The molecule has 1 atom stereocenters. The zero-order valence-electron chi connectivity index (χ0n) is 13.8. The second-order valence-corrected chi connectivity index (χ2v) is 6.97. The van der Waals surface area contributed by atoms with E-state index in [1.54, 1.807) is 29.0 Å². The summed E-state index contributed by atoms with van der Waals surface area (Å²) in [6, 6.07) is 13.8. The van der Waals surface area contributed by atoms with Gasteiger partial charge in [0.25, 0.3) is 5.69 Å². The van der Waals surface area contributed by atoms with E-state index < -0.39 is 4.92 Å². The van der Waals surface area contributed by atoms with E-state index in [0.29, 0.717) is 17.4 Å². The van der Waals surface area contributed by atoms with Crippen molar-refractivity contribution in [1.82, 2.24) is 9.88 Å². The van der Waals surface area contributed by atoms with Crippen LogP contribution in [0.25, 0.3) is 10.2 Å². The van der Waals surface area contributed by atoms with Crippen molar-refractivity contribution in [2.45, 2.75) is 6.17 Å². The lowest BCUT2D eigenvalue weighted by molar-refractivity contribution is -0.384. The number of aromatic nitrogens is 1. The van der Waals surface area contributed by atoms with E-state index in [1.807, 2.05) is 24.3 Å². The van der Waals surface area contributed by atoms with Crippen molar-refractivity contribution >= 4 is 44.1 Å². The van der Waals surface area contributed by atoms with Crippen molar-refractivity contribution in [1.29, 1.82) is 0 Å². The van der Waals surface area contributed by atoms with Gasteiger partial charge in [0, 0.05) is 24.9 Å². The molecule has 1 unspecified atom stereocenters. The Morgan fingerprint density at radius 2 is 2.08 bits per heavy atom. The Bertz CT molecular complexity index is 972. The van der Waals surface area contributed by atoms with Crippen molar-refractivity contribution in [3.8, 4) is 0 Å². The van der Waals surface area contributed by atoms with Gasteiger partial charge in [-0.1, -0.05) is 29.5 Å². The molecular weight excluding hydrogens is 354 g/mol. The van der Waals surface area contributed by atoms with Crippen LogP contribution in [0.5, 0.6) is 0 Å². The first-order chi connectivity index (χ1) is 12.5. The summed E-state index contributed by atoms with van der Waals surface area (Å²) in [6.07, 6.45) is -0.366. The van der Waals surface area contributed by atoms with Crippen molar-refractivity contribution in [2.75, 3.05) is 23.8 Å². The van der Waals surface area contributed by atoms with Gasteiger partial charge in [-0.2, -0.15) is 0 Å². The van der Waals surface area contributed by atoms with Crippen LogP contribution in [0.15, 0.2) is 48.5 Å². The van der Waals surface area contributed by atoms with E-state index in [0.717, 1.165) is 10.2 Å². The Kier molecular flexibility index (Phi) is 3.92. The van der Waals surface area contributed by atoms with Gasteiger partial charge in [0.1, 0.15) is 6.17 Å². The van der Waals surface area contributed by atoms with Gasteiger partial charge in [-0.15, -0.1) is 0 Å². The first-order valence-electron chi connectivity index (χ1n) is 7.94. The minimum Gasteiger partial charge on any atom is -0.363 e. The second kappa shape index (κ2) is 6.26. The number of thiazole rings is 1. The predicted octanol–water partition coefficient (Wildman–Crippen LogP) is 3.51. The summed E-state index contributed by atoms with van der Waals surface area (Å²) in [4.78, 5) is 30.9. The van der Waals surface area contributed by atoms with Gasteiger partial charge in [0.05, 0.1) is 21.7 Å². The van der Waals surface area contributed by atoms with Crippen LogP contribution >= 0.6 is 11.3 Å². The highest BCUT2D eigenvalue weighted by Crippen LogP contribution is 2.33. The van der Waals surface area contributed by atoms with Gasteiger partial charge < -0.3 is 10.2 Å². The van der Waals surface area contributed by atoms with Crippen molar-refractivity contribution in [3.05, 3.63) is 58.6 Å². The molecule has 0 saturated carbocycles. The van der Waals surface area contributed by atoms with E-state index in [4.69, 9.17) is 0 Å². The van der Waals surface area contributed by atoms with Crippen LogP contribution in [-0.2, 0) is 0 Å². The third-order valence-electron chi connectivity index (χ3n) is 4.17. The highest BCUT2D eigenvalue weighted by atomic mass is 32.1. The number of rotatable bonds is 4. The molecule has 1 N–H and O–H groups in total. The molecule has 132 valence electrons. The van der Waals surface area contributed by atoms with Crippen molar-refractivity contribution < 1.29 is 9.72 Å². The third-order valence-corrected chi connectivity index (χ3v) is 5.21. The molecule has 0 radical (unpaired) electrons. The highest BCUT2D eigenvalue weighted by molar-refractivity contribution is 7.22. The minimum atomic E-state index is -0.442. The monoisotopic (exact) mass is 369 g/mol. The number of hydrogen-bond acceptors (Lipinski definition) is 6. The lowest BCUT2D eigenvalue weighted by atomic mass is 10.2. The largest absolute Gasteiger partial charge is 0.363 e. The minimum absolute atomic E-state index is 0.000727. The number of nitrogens with one attached hydrogen (secondary N) is 1. The van der Waals surface area contributed by atoms with Gasteiger partial charge in [0.2, 0.25) is 0 Å². The van der Waals surface area contributed by atoms with E-state index in [1.165, 1.54) is 23.5 Å². The predicted molar refractivity (Wildman–Crippen MR) is 101 cm³/mol. The number of urea groups is 1. The fourth-order valence-corrected chi connectivity index (χ4v) is 3.94. The lowest BCUT2D eigenvalue weighted by Gasteiger charge is -2.22. The van der Waals surface area contributed by atoms with Crippen molar-refractivity contribution in [3.63, 3.8) is 0 Å². The fraction of sp³-hybridized carbons (Fsp3) is 0.176. The number of nitro benzene ring substituents is 1. The Morgan fingerprint density at radius 3 is 2.85 bits per heavy atom. The summed E-state index contributed by atoms with van der Waals surface area (Å²) in [5, 5.41) is 14.8. The van der Waals surface area contributed by atoms with E-state index in [9.17, 15) is 14.9 Å². The number of nitrogens with zero attached hydrogens (tertiary/aromatic N) is 4. The number of fused-ring (bicyclic) bond motifs is 1.